The van der Waals surface area contributed by atoms with Crippen LogP contribution >= 0.6 is 0 Å². The van der Waals surface area contributed by atoms with Gasteiger partial charge in [0.15, 0.2) is 0 Å². The lowest BCUT2D eigenvalue weighted by atomic mass is 10.0. The van der Waals surface area contributed by atoms with Gasteiger partial charge in [0.05, 0.1) is 18.2 Å². The predicted octanol–water partition coefficient (Wildman–Crippen LogP) is 2.59. The van der Waals surface area contributed by atoms with Gasteiger partial charge in [-0.2, -0.15) is 0 Å². The molecule has 28 heavy (non-hydrogen) atoms. The summed E-state index contributed by atoms with van der Waals surface area (Å²) in [5.41, 5.74) is 0.911. The number of rotatable bonds is 7. The number of carbonyl (C=O) groups excluding carboxylic acids is 2. The molecule has 2 fully saturated rings. The molecule has 6 nitrogen and oxygen atoms in total. The van der Waals surface area contributed by atoms with Gasteiger partial charge in [0.2, 0.25) is 11.8 Å². The third-order valence-electron chi connectivity index (χ3n) is 6.22. The van der Waals surface area contributed by atoms with E-state index in [0.717, 1.165) is 50.9 Å². The van der Waals surface area contributed by atoms with Crippen LogP contribution in [0.1, 0.15) is 58.1 Å². The van der Waals surface area contributed by atoms with E-state index in [0.29, 0.717) is 19.5 Å². The van der Waals surface area contributed by atoms with Crippen molar-refractivity contribution in [1.29, 1.82) is 0 Å². The average molecular weight is 387 g/mol. The van der Waals surface area contributed by atoms with Crippen LogP contribution in [0.3, 0.4) is 0 Å². The van der Waals surface area contributed by atoms with E-state index in [1.807, 2.05) is 28.0 Å². The maximum atomic E-state index is 13.6. The summed E-state index contributed by atoms with van der Waals surface area (Å²) in [6.07, 6.45) is 7.03. The third-order valence-corrected chi connectivity index (χ3v) is 6.22. The van der Waals surface area contributed by atoms with Gasteiger partial charge in [-0.05, 0) is 57.3 Å². The molecule has 3 rings (SSSR count). The van der Waals surface area contributed by atoms with Gasteiger partial charge in [0, 0.05) is 31.2 Å². The molecule has 0 radical (unpaired) electrons. The Hall–Kier alpha value is -1.95. The number of nitrogens with one attached hydrogen (secondary N) is 1. The normalized spacial score (nSPS) is 23.1. The minimum absolute atomic E-state index is 0.124. The van der Waals surface area contributed by atoms with Gasteiger partial charge in [0.25, 0.3) is 0 Å². The zero-order chi connectivity index (χ0) is 19.9. The molecule has 2 unspecified atom stereocenters. The van der Waals surface area contributed by atoms with E-state index in [4.69, 9.17) is 0 Å². The van der Waals surface area contributed by atoms with Crippen molar-refractivity contribution in [2.75, 3.05) is 19.6 Å². The average Bonchev–Trinajstić information content (AvgIpc) is 2.93. The predicted molar refractivity (Wildman–Crippen MR) is 109 cm³/mol. The van der Waals surface area contributed by atoms with Crippen molar-refractivity contribution >= 4 is 11.8 Å². The highest BCUT2D eigenvalue weighted by Gasteiger charge is 2.40. The van der Waals surface area contributed by atoms with Crippen LogP contribution in [0.5, 0.6) is 0 Å². The van der Waals surface area contributed by atoms with Gasteiger partial charge in [0.1, 0.15) is 0 Å². The Morgan fingerprint density at radius 1 is 1.29 bits per heavy atom. The number of aromatic nitrogens is 1. The molecule has 1 aromatic rings. The second kappa shape index (κ2) is 10.0. The fraction of sp³-hybridized carbons (Fsp3) is 0.682. The summed E-state index contributed by atoms with van der Waals surface area (Å²) in [6, 6.07) is 6.30. The van der Waals surface area contributed by atoms with E-state index >= 15 is 0 Å². The van der Waals surface area contributed by atoms with Crippen LogP contribution in [0.15, 0.2) is 24.4 Å². The second-order valence-corrected chi connectivity index (χ2v) is 8.04. The van der Waals surface area contributed by atoms with Crippen molar-refractivity contribution in [3.8, 4) is 0 Å². The van der Waals surface area contributed by atoms with E-state index in [1.165, 1.54) is 0 Å². The molecule has 2 aliphatic rings. The van der Waals surface area contributed by atoms with Crippen molar-refractivity contribution in [3.63, 3.8) is 0 Å². The molecular weight excluding hydrogens is 352 g/mol. The number of hydrogen-bond acceptors (Lipinski definition) is 4. The molecule has 154 valence electrons. The summed E-state index contributed by atoms with van der Waals surface area (Å²) in [4.78, 5) is 34.5. The van der Waals surface area contributed by atoms with Gasteiger partial charge in [-0.1, -0.05) is 19.9 Å². The largest absolute Gasteiger partial charge is 0.339 e. The fourth-order valence-electron chi connectivity index (χ4n) is 4.58. The zero-order valence-electron chi connectivity index (χ0n) is 17.3. The van der Waals surface area contributed by atoms with Crippen molar-refractivity contribution in [3.05, 3.63) is 30.1 Å². The smallest absolute Gasteiger partial charge is 0.228 e. The van der Waals surface area contributed by atoms with E-state index in [2.05, 4.69) is 24.1 Å². The quantitative estimate of drug-likeness (QED) is 0.782. The highest BCUT2D eigenvalue weighted by Crippen LogP contribution is 2.27. The molecule has 1 aromatic heterocycles. The van der Waals surface area contributed by atoms with Gasteiger partial charge in [-0.15, -0.1) is 0 Å². The Bertz CT molecular complexity index is 639. The lowest BCUT2D eigenvalue weighted by Crippen LogP contribution is -2.44. The first-order chi connectivity index (χ1) is 13.6. The number of carbonyl (C=O) groups is 2. The molecule has 2 aliphatic heterocycles. The first-order valence-electron chi connectivity index (χ1n) is 10.8. The molecule has 2 atom stereocenters. The maximum Gasteiger partial charge on any atom is 0.228 e. The number of likely N-dealkylation sites (tertiary alicyclic amines) is 1. The van der Waals surface area contributed by atoms with E-state index in [-0.39, 0.29) is 29.8 Å². The van der Waals surface area contributed by atoms with E-state index in [1.54, 1.807) is 6.20 Å². The summed E-state index contributed by atoms with van der Waals surface area (Å²) >= 11 is 0. The molecule has 6 heteroatoms. The molecule has 0 aliphatic carbocycles. The maximum absolute atomic E-state index is 13.6. The summed E-state index contributed by atoms with van der Waals surface area (Å²) in [6.45, 7) is 7.26. The Morgan fingerprint density at radius 3 is 2.82 bits per heavy atom. The first kappa shape index (κ1) is 20.8. The van der Waals surface area contributed by atoms with Crippen LogP contribution in [0.2, 0.25) is 0 Å². The number of hydrogen-bond donors (Lipinski definition) is 1. The van der Waals surface area contributed by atoms with Crippen LogP contribution in [-0.2, 0) is 16.1 Å². The van der Waals surface area contributed by atoms with Crippen LogP contribution in [0.25, 0.3) is 0 Å². The minimum atomic E-state index is -0.229. The summed E-state index contributed by atoms with van der Waals surface area (Å²) in [5.74, 6) is 0.0275. The van der Waals surface area contributed by atoms with Crippen LogP contribution in [0, 0.1) is 5.92 Å². The fourth-order valence-corrected chi connectivity index (χ4v) is 4.58. The lowest BCUT2D eigenvalue weighted by Gasteiger charge is -2.33. The Labute approximate surface area is 168 Å². The summed E-state index contributed by atoms with van der Waals surface area (Å²) in [5, 5.41) is 3.43. The highest BCUT2D eigenvalue weighted by atomic mass is 16.2. The lowest BCUT2D eigenvalue weighted by molar-refractivity contribution is -0.139. The SMILES string of the molecule is CCC(CC)N1CC(C(=O)N(Cc2ccccn2)C2CCCNCC2)CC1=O. The summed E-state index contributed by atoms with van der Waals surface area (Å²) in [7, 11) is 0. The van der Waals surface area contributed by atoms with Crippen LogP contribution in [-0.4, -0.2) is 58.3 Å². The second-order valence-electron chi connectivity index (χ2n) is 8.04. The van der Waals surface area contributed by atoms with Crippen molar-refractivity contribution in [2.24, 2.45) is 5.92 Å². The molecular formula is C22H34N4O2. The molecule has 0 saturated carbocycles. The number of amides is 2. The number of pyridine rings is 1. The van der Waals surface area contributed by atoms with Gasteiger partial charge in [-0.25, -0.2) is 0 Å². The van der Waals surface area contributed by atoms with Crippen molar-refractivity contribution in [2.45, 2.75) is 71.0 Å². The topological polar surface area (TPSA) is 65.5 Å². The molecule has 1 N–H and O–H groups in total. The van der Waals surface area contributed by atoms with Gasteiger partial charge >= 0.3 is 0 Å². The van der Waals surface area contributed by atoms with Gasteiger partial charge < -0.3 is 15.1 Å². The van der Waals surface area contributed by atoms with E-state index in [9.17, 15) is 9.59 Å². The molecule has 0 spiro atoms. The Kier molecular flexibility index (Phi) is 7.43. The van der Waals surface area contributed by atoms with Crippen molar-refractivity contribution in [1.82, 2.24) is 20.1 Å². The molecule has 0 aromatic carbocycles. The minimum Gasteiger partial charge on any atom is -0.339 e. The van der Waals surface area contributed by atoms with Gasteiger partial charge in [-0.3, -0.25) is 14.6 Å². The van der Waals surface area contributed by atoms with E-state index < -0.39 is 0 Å². The monoisotopic (exact) mass is 386 g/mol. The number of nitrogens with zero attached hydrogens (tertiary/aromatic N) is 3. The third kappa shape index (κ3) is 4.90. The molecule has 0 bridgehead atoms. The summed E-state index contributed by atoms with van der Waals surface area (Å²) < 4.78 is 0. The molecule has 2 saturated heterocycles. The highest BCUT2D eigenvalue weighted by molar-refractivity contribution is 5.89. The molecule has 2 amide bonds. The van der Waals surface area contributed by atoms with Crippen LogP contribution in [0.4, 0.5) is 0 Å². The van der Waals surface area contributed by atoms with Crippen LogP contribution < -0.4 is 5.32 Å². The Balaban J connectivity index is 1.77. The first-order valence-corrected chi connectivity index (χ1v) is 10.8. The standard InChI is InChI=1S/C22H34N4O2/c1-3-19(4-2)25-15-17(14-21(25)27)22(28)26(16-18-8-5-6-12-24-18)20-9-7-11-23-13-10-20/h5-6,8,12,17,19-20,23H,3-4,7,9-11,13-16H2,1-2H3. The zero-order valence-corrected chi connectivity index (χ0v) is 17.3. The Morgan fingerprint density at radius 2 is 2.11 bits per heavy atom. The molecule has 3 heterocycles. The van der Waals surface area contributed by atoms with Crippen molar-refractivity contribution < 1.29 is 9.59 Å².